The van der Waals surface area contributed by atoms with E-state index in [2.05, 4.69) is 17.6 Å². The Morgan fingerprint density at radius 2 is 2.29 bits per heavy atom. The minimum atomic E-state index is 0.0460. The van der Waals surface area contributed by atoms with E-state index >= 15 is 0 Å². The van der Waals surface area contributed by atoms with Crippen molar-refractivity contribution in [1.29, 1.82) is 0 Å². The minimum absolute atomic E-state index is 0.0460. The first-order chi connectivity index (χ1) is 8.15. The second-order valence-electron chi connectivity index (χ2n) is 4.39. The molecule has 0 spiro atoms. The molecule has 2 rings (SSSR count). The second-order valence-corrected chi connectivity index (χ2v) is 4.79. The van der Waals surface area contributed by atoms with Gasteiger partial charge in [0.05, 0.1) is 6.42 Å². The summed E-state index contributed by atoms with van der Waals surface area (Å²) in [5.74, 6) is 0.0460. The Bertz CT molecular complexity index is 445. The van der Waals surface area contributed by atoms with Gasteiger partial charge in [-0.2, -0.15) is 0 Å². The van der Waals surface area contributed by atoms with Crippen molar-refractivity contribution in [3.05, 3.63) is 28.3 Å². The lowest BCUT2D eigenvalue weighted by Crippen LogP contribution is -2.16. The summed E-state index contributed by atoms with van der Waals surface area (Å²) in [5.41, 5.74) is 2.99. The molecule has 2 N–H and O–H groups in total. The van der Waals surface area contributed by atoms with E-state index in [1.165, 1.54) is 0 Å². The summed E-state index contributed by atoms with van der Waals surface area (Å²) in [5, 5.41) is 6.80. The first-order valence-corrected chi connectivity index (χ1v) is 6.33. The molecule has 0 saturated heterocycles. The number of anilines is 1. The lowest BCUT2D eigenvalue weighted by Gasteiger charge is -2.18. The van der Waals surface area contributed by atoms with E-state index in [0.29, 0.717) is 6.42 Å². The van der Waals surface area contributed by atoms with E-state index in [4.69, 9.17) is 11.6 Å². The predicted octanol–water partition coefficient (Wildman–Crippen LogP) is 2.90. The molecule has 0 aliphatic carbocycles. The van der Waals surface area contributed by atoms with E-state index in [-0.39, 0.29) is 11.9 Å². The lowest BCUT2D eigenvalue weighted by molar-refractivity contribution is -0.115. The average Bonchev–Trinajstić information content (AvgIpc) is 2.64. The summed E-state index contributed by atoms with van der Waals surface area (Å²) < 4.78 is 0. The van der Waals surface area contributed by atoms with Crippen molar-refractivity contribution >= 4 is 23.2 Å². The molecule has 1 aliphatic rings. The van der Waals surface area contributed by atoms with Crippen molar-refractivity contribution in [2.45, 2.75) is 32.2 Å². The van der Waals surface area contributed by atoms with Crippen LogP contribution < -0.4 is 10.6 Å². The quantitative estimate of drug-likeness (QED) is 0.865. The van der Waals surface area contributed by atoms with Crippen LogP contribution in [0, 0.1) is 0 Å². The lowest BCUT2D eigenvalue weighted by atomic mass is 9.99. The van der Waals surface area contributed by atoms with E-state index < -0.39 is 0 Å². The number of rotatable bonds is 4. The third-order valence-electron chi connectivity index (χ3n) is 3.15. The fourth-order valence-corrected chi connectivity index (χ4v) is 2.57. The first kappa shape index (κ1) is 12.4. The summed E-state index contributed by atoms with van der Waals surface area (Å²) in [7, 11) is 1.94. The normalized spacial score (nSPS) is 15.6. The van der Waals surface area contributed by atoms with E-state index in [9.17, 15) is 4.79 Å². The number of nitrogens with one attached hydrogen (secondary N) is 2. The topological polar surface area (TPSA) is 41.1 Å². The smallest absolute Gasteiger partial charge is 0.228 e. The fraction of sp³-hybridized carbons (Fsp3) is 0.462. The molecule has 17 heavy (non-hydrogen) atoms. The van der Waals surface area contributed by atoms with Crippen LogP contribution in [0.25, 0.3) is 0 Å². The van der Waals surface area contributed by atoms with Crippen LogP contribution in [0.2, 0.25) is 5.02 Å². The van der Waals surface area contributed by atoms with Crippen LogP contribution in [0.1, 0.15) is 36.9 Å². The molecule has 0 bridgehead atoms. The molecule has 0 saturated carbocycles. The highest BCUT2D eigenvalue weighted by Crippen LogP contribution is 2.34. The largest absolute Gasteiger partial charge is 0.325 e. The van der Waals surface area contributed by atoms with Crippen LogP contribution in [-0.4, -0.2) is 13.0 Å². The third kappa shape index (κ3) is 2.45. The molecule has 1 amide bonds. The zero-order valence-corrected chi connectivity index (χ0v) is 10.9. The zero-order valence-electron chi connectivity index (χ0n) is 10.1. The Morgan fingerprint density at radius 3 is 2.94 bits per heavy atom. The van der Waals surface area contributed by atoms with Crippen molar-refractivity contribution in [2.24, 2.45) is 0 Å². The summed E-state index contributed by atoms with van der Waals surface area (Å²) in [4.78, 5) is 11.3. The SMILES string of the molecule is CCCC(NC)c1cc2c(cc1Cl)NC(=O)C2. The van der Waals surface area contributed by atoms with Gasteiger partial charge in [-0.1, -0.05) is 31.0 Å². The maximum atomic E-state index is 11.3. The van der Waals surface area contributed by atoms with Gasteiger partial charge < -0.3 is 10.6 Å². The van der Waals surface area contributed by atoms with Gasteiger partial charge in [-0.3, -0.25) is 4.79 Å². The fourth-order valence-electron chi connectivity index (χ4n) is 2.28. The molecule has 1 heterocycles. The number of carbonyl (C=O) groups is 1. The number of halogens is 1. The maximum absolute atomic E-state index is 11.3. The van der Waals surface area contributed by atoms with Gasteiger partial charge in [-0.25, -0.2) is 0 Å². The summed E-state index contributed by atoms with van der Waals surface area (Å²) in [6.45, 7) is 2.15. The van der Waals surface area contributed by atoms with Crippen molar-refractivity contribution in [3.8, 4) is 0 Å². The molecular weight excluding hydrogens is 236 g/mol. The summed E-state index contributed by atoms with van der Waals surface area (Å²) >= 11 is 6.27. The third-order valence-corrected chi connectivity index (χ3v) is 3.48. The Hall–Kier alpha value is -1.06. The minimum Gasteiger partial charge on any atom is -0.325 e. The van der Waals surface area contributed by atoms with Crippen LogP contribution >= 0.6 is 11.6 Å². The molecule has 1 unspecified atom stereocenters. The predicted molar refractivity (Wildman–Crippen MR) is 70.5 cm³/mol. The molecule has 4 heteroatoms. The first-order valence-electron chi connectivity index (χ1n) is 5.95. The highest BCUT2D eigenvalue weighted by molar-refractivity contribution is 6.32. The average molecular weight is 253 g/mol. The number of fused-ring (bicyclic) bond motifs is 1. The zero-order chi connectivity index (χ0) is 12.4. The number of amides is 1. The van der Waals surface area contributed by atoms with E-state index in [1.54, 1.807) is 0 Å². The van der Waals surface area contributed by atoms with Gasteiger partial charge in [0.1, 0.15) is 0 Å². The Morgan fingerprint density at radius 1 is 1.53 bits per heavy atom. The van der Waals surface area contributed by atoms with Gasteiger partial charge >= 0.3 is 0 Å². The van der Waals surface area contributed by atoms with Gasteiger partial charge in [-0.15, -0.1) is 0 Å². The van der Waals surface area contributed by atoms with Crippen molar-refractivity contribution in [2.75, 3.05) is 12.4 Å². The number of hydrogen-bond donors (Lipinski definition) is 2. The molecule has 0 radical (unpaired) electrons. The number of benzene rings is 1. The van der Waals surface area contributed by atoms with Crippen molar-refractivity contribution < 1.29 is 4.79 Å². The Kier molecular flexibility index (Phi) is 3.69. The van der Waals surface area contributed by atoms with Gasteiger partial charge in [0.15, 0.2) is 0 Å². The highest BCUT2D eigenvalue weighted by atomic mass is 35.5. The van der Waals surface area contributed by atoms with Gasteiger partial charge in [0.25, 0.3) is 0 Å². The van der Waals surface area contributed by atoms with Crippen LogP contribution in [0.15, 0.2) is 12.1 Å². The number of carbonyl (C=O) groups excluding carboxylic acids is 1. The van der Waals surface area contributed by atoms with E-state index in [1.807, 2.05) is 19.2 Å². The van der Waals surface area contributed by atoms with Crippen molar-refractivity contribution in [3.63, 3.8) is 0 Å². The van der Waals surface area contributed by atoms with Crippen LogP contribution in [0.4, 0.5) is 5.69 Å². The Balaban J connectivity index is 2.35. The van der Waals surface area contributed by atoms with Gasteiger partial charge in [0, 0.05) is 16.8 Å². The molecule has 0 aromatic heterocycles. The van der Waals surface area contributed by atoms with Crippen LogP contribution in [0.3, 0.4) is 0 Å². The monoisotopic (exact) mass is 252 g/mol. The van der Waals surface area contributed by atoms with Gasteiger partial charge in [0.2, 0.25) is 5.91 Å². The molecule has 3 nitrogen and oxygen atoms in total. The molecular formula is C13H17ClN2O. The van der Waals surface area contributed by atoms with Crippen molar-refractivity contribution in [1.82, 2.24) is 5.32 Å². The molecule has 1 aliphatic heterocycles. The standard InChI is InChI=1S/C13H17ClN2O/c1-3-4-11(15-2)9-5-8-6-13(17)16-12(8)7-10(9)14/h5,7,11,15H,3-4,6H2,1-2H3,(H,16,17). The maximum Gasteiger partial charge on any atom is 0.228 e. The van der Waals surface area contributed by atoms with Gasteiger partial charge in [-0.05, 0) is 30.7 Å². The Labute approximate surface area is 107 Å². The highest BCUT2D eigenvalue weighted by Gasteiger charge is 2.21. The van der Waals surface area contributed by atoms with Crippen LogP contribution in [-0.2, 0) is 11.2 Å². The number of hydrogen-bond acceptors (Lipinski definition) is 2. The molecule has 1 atom stereocenters. The molecule has 1 aromatic rings. The van der Waals surface area contributed by atoms with Crippen LogP contribution in [0.5, 0.6) is 0 Å². The molecule has 92 valence electrons. The summed E-state index contributed by atoms with van der Waals surface area (Å²) in [6, 6.07) is 4.16. The summed E-state index contributed by atoms with van der Waals surface area (Å²) in [6.07, 6.45) is 2.59. The molecule has 1 aromatic carbocycles. The molecule has 0 fully saturated rings. The second kappa shape index (κ2) is 5.07. The van der Waals surface area contributed by atoms with E-state index in [0.717, 1.165) is 34.7 Å².